The normalized spacial score (nSPS) is 18.4. The molecule has 0 aromatic heterocycles. The van der Waals surface area contributed by atoms with Gasteiger partial charge in [-0.2, -0.15) is 0 Å². The van der Waals surface area contributed by atoms with Crippen LogP contribution in [0.3, 0.4) is 0 Å². The van der Waals surface area contributed by atoms with Crippen LogP contribution in [-0.4, -0.2) is 48.6 Å². The predicted molar refractivity (Wildman–Crippen MR) is 132 cm³/mol. The smallest absolute Gasteiger partial charge is 0.227 e. The third kappa shape index (κ3) is 6.08. The summed E-state index contributed by atoms with van der Waals surface area (Å²) in [6.07, 6.45) is 2.87. The summed E-state index contributed by atoms with van der Waals surface area (Å²) in [6, 6.07) is 14.8. The van der Waals surface area contributed by atoms with Crippen molar-refractivity contribution >= 4 is 5.91 Å². The summed E-state index contributed by atoms with van der Waals surface area (Å²) < 4.78 is 11.6. The number of nitrogens with zero attached hydrogens (tertiary/aromatic N) is 2. The van der Waals surface area contributed by atoms with Gasteiger partial charge in [0, 0.05) is 32.6 Å². The molecule has 1 atom stereocenters. The van der Waals surface area contributed by atoms with E-state index >= 15 is 0 Å². The zero-order valence-electron chi connectivity index (χ0n) is 20.4. The molecule has 2 heterocycles. The van der Waals surface area contributed by atoms with Crippen LogP contribution in [0.25, 0.3) is 0 Å². The summed E-state index contributed by atoms with van der Waals surface area (Å²) in [5.41, 5.74) is 3.89. The molecular formula is C28H38N2O3. The lowest BCUT2D eigenvalue weighted by Gasteiger charge is -2.28. The number of hydrogen-bond acceptors (Lipinski definition) is 4. The molecule has 1 saturated heterocycles. The van der Waals surface area contributed by atoms with Crippen molar-refractivity contribution < 1.29 is 14.3 Å². The monoisotopic (exact) mass is 450 g/mol. The van der Waals surface area contributed by atoms with Crippen LogP contribution < -0.4 is 9.47 Å². The lowest BCUT2D eigenvalue weighted by molar-refractivity contribution is -0.136. The van der Waals surface area contributed by atoms with Gasteiger partial charge in [-0.05, 0) is 54.1 Å². The average molecular weight is 451 g/mol. The lowest BCUT2D eigenvalue weighted by Crippen LogP contribution is -2.39. The largest absolute Gasteiger partial charge is 0.490 e. The van der Waals surface area contributed by atoms with Crippen LogP contribution in [-0.2, 0) is 24.3 Å². The fourth-order valence-corrected chi connectivity index (χ4v) is 4.93. The van der Waals surface area contributed by atoms with Gasteiger partial charge in [-0.1, -0.05) is 51.1 Å². The molecule has 2 aliphatic heterocycles. The van der Waals surface area contributed by atoms with E-state index in [2.05, 4.69) is 60.9 Å². The second-order valence-electron chi connectivity index (χ2n) is 9.79. The Morgan fingerprint density at radius 3 is 2.61 bits per heavy atom. The standard InChI is InChI=1S/C28H38N2O3/c1-4-23-8-5-6-9-24(23)19-29-13-12-25(20-29)28(31)30(17-21(2)3)18-22-10-11-26-27(16-22)33-15-7-14-32-26/h5-6,8-11,16,21,25H,4,7,12-15,17-20H2,1-3H3. The number of ether oxygens (including phenoxy) is 2. The summed E-state index contributed by atoms with van der Waals surface area (Å²) in [7, 11) is 0. The first-order valence-electron chi connectivity index (χ1n) is 12.5. The molecule has 0 radical (unpaired) electrons. The van der Waals surface area contributed by atoms with Crippen molar-refractivity contribution in [2.24, 2.45) is 11.8 Å². The molecule has 0 aliphatic carbocycles. The van der Waals surface area contributed by atoms with E-state index in [4.69, 9.17) is 9.47 Å². The van der Waals surface area contributed by atoms with E-state index in [1.165, 1.54) is 11.1 Å². The molecule has 33 heavy (non-hydrogen) atoms. The van der Waals surface area contributed by atoms with Crippen LogP contribution in [0.2, 0.25) is 0 Å². The molecule has 4 rings (SSSR count). The molecule has 0 N–H and O–H groups in total. The molecule has 0 saturated carbocycles. The van der Waals surface area contributed by atoms with E-state index in [0.717, 1.165) is 62.5 Å². The van der Waals surface area contributed by atoms with E-state index in [0.29, 0.717) is 25.7 Å². The Bertz CT molecular complexity index is 942. The topological polar surface area (TPSA) is 42.0 Å². The molecule has 0 bridgehead atoms. The zero-order chi connectivity index (χ0) is 23.2. The van der Waals surface area contributed by atoms with Gasteiger partial charge < -0.3 is 14.4 Å². The summed E-state index contributed by atoms with van der Waals surface area (Å²) >= 11 is 0. The summed E-state index contributed by atoms with van der Waals surface area (Å²) in [5, 5.41) is 0. The van der Waals surface area contributed by atoms with Crippen molar-refractivity contribution in [3.05, 3.63) is 59.2 Å². The van der Waals surface area contributed by atoms with Gasteiger partial charge in [0.05, 0.1) is 19.1 Å². The quantitative estimate of drug-likeness (QED) is 0.573. The van der Waals surface area contributed by atoms with Crippen molar-refractivity contribution in [1.82, 2.24) is 9.80 Å². The van der Waals surface area contributed by atoms with Crippen LogP contribution in [0, 0.1) is 11.8 Å². The maximum absolute atomic E-state index is 13.6. The Kier molecular flexibility index (Phi) is 7.92. The third-order valence-electron chi connectivity index (χ3n) is 6.60. The first kappa shape index (κ1) is 23.6. The molecule has 5 heteroatoms. The van der Waals surface area contributed by atoms with Gasteiger partial charge >= 0.3 is 0 Å². The Hall–Kier alpha value is -2.53. The Morgan fingerprint density at radius 2 is 1.85 bits per heavy atom. The van der Waals surface area contributed by atoms with E-state index in [-0.39, 0.29) is 11.8 Å². The van der Waals surface area contributed by atoms with E-state index in [1.807, 2.05) is 12.1 Å². The summed E-state index contributed by atoms with van der Waals surface area (Å²) in [6.45, 7) is 12.0. The van der Waals surface area contributed by atoms with E-state index < -0.39 is 0 Å². The second kappa shape index (κ2) is 11.1. The lowest BCUT2D eigenvalue weighted by atomic mass is 10.0. The highest BCUT2D eigenvalue weighted by Gasteiger charge is 2.32. The average Bonchev–Trinajstić information content (AvgIpc) is 3.14. The number of aryl methyl sites for hydroxylation is 1. The molecule has 2 aliphatic rings. The number of hydrogen-bond donors (Lipinski definition) is 0. The number of rotatable bonds is 8. The van der Waals surface area contributed by atoms with Gasteiger partial charge in [0.15, 0.2) is 11.5 Å². The zero-order valence-corrected chi connectivity index (χ0v) is 20.4. The van der Waals surface area contributed by atoms with Gasteiger partial charge in [-0.15, -0.1) is 0 Å². The number of carbonyl (C=O) groups excluding carboxylic acids is 1. The minimum atomic E-state index is 0.0675. The minimum Gasteiger partial charge on any atom is -0.490 e. The highest BCUT2D eigenvalue weighted by Crippen LogP contribution is 2.31. The van der Waals surface area contributed by atoms with Crippen molar-refractivity contribution in [3.63, 3.8) is 0 Å². The number of benzene rings is 2. The van der Waals surface area contributed by atoms with Crippen molar-refractivity contribution in [2.75, 3.05) is 32.8 Å². The van der Waals surface area contributed by atoms with Crippen molar-refractivity contribution in [1.29, 1.82) is 0 Å². The van der Waals surface area contributed by atoms with Gasteiger partial charge in [0.25, 0.3) is 0 Å². The van der Waals surface area contributed by atoms with Crippen molar-refractivity contribution in [2.45, 2.75) is 53.1 Å². The van der Waals surface area contributed by atoms with Crippen LogP contribution in [0.1, 0.15) is 50.3 Å². The van der Waals surface area contributed by atoms with Crippen LogP contribution >= 0.6 is 0 Å². The van der Waals surface area contributed by atoms with Gasteiger partial charge in [0.2, 0.25) is 5.91 Å². The second-order valence-corrected chi connectivity index (χ2v) is 9.79. The van der Waals surface area contributed by atoms with Crippen molar-refractivity contribution in [3.8, 4) is 11.5 Å². The number of carbonyl (C=O) groups is 1. The molecule has 178 valence electrons. The number of likely N-dealkylation sites (tertiary alicyclic amines) is 1. The van der Waals surface area contributed by atoms with Crippen LogP contribution in [0.5, 0.6) is 11.5 Å². The molecule has 1 unspecified atom stereocenters. The van der Waals surface area contributed by atoms with Gasteiger partial charge in [-0.3, -0.25) is 9.69 Å². The number of fused-ring (bicyclic) bond motifs is 1. The van der Waals surface area contributed by atoms with Gasteiger partial charge in [-0.25, -0.2) is 0 Å². The Balaban J connectivity index is 1.42. The maximum Gasteiger partial charge on any atom is 0.227 e. The maximum atomic E-state index is 13.6. The SMILES string of the molecule is CCc1ccccc1CN1CCC(C(=O)N(Cc2ccc3c(c2)OCCCO3)CC(C)C)C1. The number of amides is 1. The summed E-state index contributed by atoms with van der Waals surface area (Å²) in [4.78, 5) is 18.1. The minimum absolute atomic E-state index is 0.0675. The van der Waals surface area contributed by atoms with E-state index in [9.17, 15) is 4.79 Å². The molecular weight excluding hydrogens is 412 g/mol. The highest BCUT2D eigenvalue weighted by atomic mass is 16.5. The fourth-order valence-electron chi connectivity index (χ4n) is 4.93. The molecule has 1 fully saturated rings. The molecule has 1 amide bonds. The van der Waals surface area contributed by atoms with Crippen LogP contribution in [0.15, 0.2) is 42.5 Å². The predicted octanol–water partition coefficient (Wildman–Crippen LogP) is 4.92. The van der Waals surface area contributed by atoms with Crippen LogP contribution in [0.4, 0.5) is 0 Å². The summed E-state index contributed by atoms with van der Waals surface area (Å²) in [5.74, 6) is 2.36. The van der Waals surface area contributed by atoms with Gasteiger partial charge in [0.1, 0.15) is 0 Å². The Morgan fingerprint density at radius 1 is 1.09 bits per heavy atom. The van der Waals surface area contributed by atoms with E-state index in [1.54, 1.807) is 0 Å². The molecule has 2 aromatic rings. The first-order valence-corrected chi connectivity index (χ1v) is 12.5. The Labute approximate surface area is 198 Å². The third-order valence-corrected chi connectivity index (χ3v) is 6.60. The molecule has 2 aromatic carbocycles. The fraction of sp³-hybridized carbons (Fsp3) is 0.536. The molecule has 0 spiro atoms. The highest BCUT2D eigenvalue weighted by molar-refractivity contribution is 5.79. The first-order chi connectivity index (χ1) is 16.0. The molecule has 5 nitrogen and oxygen atoms in total.